The zero-order chi connectivity index (χ0) is 26.9. The Kier molecular flexibility index (Phi) is 10.7. The van der Waals surface area contributed by atoms with Gasteiger partial charge in [0.2, 0.25) is 0 Å². The molecule has 0 saturated carbocycles. The van der Waals surface area contributed by atoms with Crippen LogP contribution in [0.15, 0.2) is 47.4 Å². The van der Waals surface area contributed by atoms with Crippen molar-refractivity contribution < 1.29 is 36.6 Å². The molecule has 36 heavy (non-hydrogen) atoms. The fraction of sp³-hybridized carbons (Fsp3) is 0.360. The molecule has 0 radical (unpaired) electrons. The lowest BCUT2D eigenvalue weighted by molar-refractivity contribution is -0.139. The van der Waals surface area contributed by atoms with Crippen molar-refractivity contribution in [1.82, 2.24) is 5.32 Å². The molecule has 0 saturated heterocycles. The van der Waals surface area contributed by atoms with Crippen molar-refractivity contribution in [3.63, 3.8) is 0 Å². The molecule has 2 rings (SSSR count). The molecular weight excluding hydrogens is 494 g/mol. The standard InChI is InChI=1S/C25H30F2N2O6S/c1-3-35-25(32)23(17-9-12-20(26)21(27)14-17)19(15-29-22(24(30)31)6-4-5-13-28)16-7-10-18(11-8-16)36(2,33)34/h7-12,14,22,29H,3-6,13,15,28H2,1-2H3,(H,30,31)/t22-/m0/s1. The van der Waals surface area contributed by atoms with E-state index in [2.05, 4.69) is 5.32 Å². The van der Waals surface area contributed by atoms with Crippen LogP contribution in [0.4, 0.5) is 8.78 Å². The number of carbonyl (C=O) groups excluding carboxylic acids is 1. The monoisotopic (exact) mass is 524 g/mol. The number of carboxylic acids is 1. The number of esters is 1. The van der Waals surface area contributed by atoms with Crippen LogP contribution in [0.3, 0.4) is 0 Å². The number of nitrogens with one attached hydrogen (secondary N) is 1. The van der Waals surface area contributed by atoms with Gasteiger partial charge in [0.1, 0.15) is 6.04 Å². The van der Waals surface area contributed by atoms with Gasteiger partial charge in [-0.05, 0) is 67.3 Å². The molecule has 11 heteroatoms. The first-order valence-corrected chi connectivity index (χ1v) is 13.2. The Morgan fingerprint density at radius 3 is 2.22 bits per heavy atom. The van der Waals surface area contributed by atoms with Gasteiger partial charge < -0.3 is 20.9 Å². The molecule has 0 aromatic heterocycles. The molecule has 0 bridgehead atoms. The maximum absolute atomic E-state index is 14.1. The Morgan fingerprint density at radius 1 is 1.06 bits per heavy atom. The number of hydrogen-bond donors (Lipinski definition) is 3. The molecule has 4 N–H and O–H groups in total. The first-order chi connectivity index (χ1) is 17.0. The van der Waals surface area contributed by atoms with Crippen molar-refractivity contribution >= 4 is 32.9 Å². The van der Waals surface area contributed by atoms with E-state index in [0.717, 1.165) is 18.4 Å². The van der Waals surface area contributed by atoms with Gasteiger partial charge >= 0.3 is 11.9 Å². The molecule has 0 amide bonds. The maximum atomic E-state index is 14.1. The molecule has 2 aromatic rings. The van der Waals surface area contributed by atoms with E-state index in [9.17, 15) is 31.9 Å². The SMILES string of the molecule is CCOC(=O)C(=C(CN[C@@H](CCCCN)C(=O)O)c1ccc(S(C)(=O)=O)cc1)c1ccc(F)c(F)c1. The summed E-state index contributed by atoms with van der Waals surface area (Å²) in [6.45, 7) is 1.83. The molecule has 0 aliphatic rings. The molecule has 0 fully saturated rings. The Labute approximate surface area is 209 Å². The number of halogens is 2. The van der Waals surface area contributed by atoms with Crippen molar-refractivity contribution in [3.05, 3.63) is 65.2 Å². The summed E-state index contributed by atoms with van der Waals surface area (Å²) < 4.78 is 56.7. The molecule has 8 nitrogen and oxygen atoms in total. The summed E-state index contributed by atoms with van der Waals surface area (Å²) in [5.74, 6) is -4.23. The van der Waals surface area contributed by atoms with E-state index >= 15 is 0 Å². The van der Waals surface area contributed by atoms with E-state index in [1.54, 1.807) is 6.92 Å². The van der Waals surface area contributed by atoms with E-state index < -0.39 is 39.5 Å². The van der Waals surface area contributed by atoms with E-state index in [0.29, 0.717) is 24.9 Å². The van der Waals surface area contributed by atoms with Gasteiger partial charge in [-0.15, -0.1) is 0 Å². The highest BCUT2D eigenvalue weighted by Gasteiger charge is 2.24. The first kappa shape index (κ1) is 29.1. The number of ether oxygens (including phenoxy) is 1. The number of rotatable bonds is 13. The third-order valence-corrected chi connectivity index (χ3v) is 6.52. The number of carbonyl (C=O) groups is 2. The van der Waals surface area contributed by atoms with E-state index in [-0.39, 0.29) is 41.2 Å². The third-order valence-electron chi connectivity index (χ3n) is 5.39. The Balaban J connectivity index is 2.67. The number of unbranched alkanes of at least 4 members (excludes halogenated alkanes) is 1. The number of aliphatic carboxylic acids is 1. The van der Waals surface area contributed by atoms with Crippen LogP contribution in [0, 0.1) is 11.6 Å². The van der Waals surface area contributed by atoms with Crippen LogP contribution in [0.25, 0.3) is 11.1 Å². The van der Waals surface area contributed by atoms with Crippen LogP contribution in [0.1, 0.15) is 37.3 Å². The number of sulfone groups is 1. The second kappa shape index (κ2) is 13.2. The quantitative estimate of drug-likeness (QED) is 0.157. The summed E-state index contributed by atoms with van der Waals surface area (Å²) in [4.78, 5) is 24.9. The van der Waals surface area contributed by atoms with Gasteiger partial charge in [-0.3, -0.25) is 4.79 Å². The van der Waals surface area contributed by atoms with Crippen LogP contribution < -0.4 is 11.1 Å². The summed E-state index contributed by atoms with van der Waals surface area (Å²) in [7, 11) is -3.51. The van der Waals surface area contributed by atoms with Crippen molar-refractivity contribution in [3.8, 4) is 0 Å². The molecule has 2 aromatic carbocycles. The van der Waals surface area contributed by atoms with Crippen LogP contribution in [0.2, 0.25) is 0 Å². The zero-order valence-corrected chi connectivity index (χ0v) is 20.9. The average molecular weight is 525 g/mol. The minimum absolute atomic E-state index is 0.00340. The molecular formula is C25H30F2N2O6S. The summed E-state index contributed by atoms with van der Waals surface area (Å²) in [5.41, 5.74) is 6.00. The van der Waals surface area contributed by atoms with Crippen molar-refractivity contribution in [2.45, 2.75) is 37.1 Å². The summed E-state index contributed by atoms with van der Waals surface area (Å²) in [5, 5.41) is 12.5. The predicted molar refractivity (Wildman–Crippen MR) is 132 cm³/mol. The van der Waals surface area contributed by atoms with E-state index in [1.807, 2.05) is 0 Å². The summed E-state index contributed by atoms with van der Waals surface area (Å²) in [6.07, 6.45) is 2.50. The van der Waals surface area contributed by atoms with Crippen LogP contribution in [-0.2, 0) is 24.2 Å². The molecule has 0 heterocycles. The minimum Gasteiger partial charge on any atom is -0.480 e. The number of hydrogen-bond acceptors (Lipinski definition) is 7. The molecule has 0 unspecified atom stereocenters. The predicted octanol–water partition coefficient (Wildman–Crippen LogP) is 3.01. The van der Waals surface area contributed by atoms with Gasteiger partial charge in [-0.1, -0.05) is 24.6 Å². The number of nitrogens with two attached hydrogens (primary N) is 1. The minimum atomic E-state index is -3.51. The summed E-state index contributed by atoms with van der Waals surface area (Å²) >= 11 is 0. The fourth-order valence-corrected chi connectivity index (χ4v) is 4.17. The Morgan fingerprint density at radius 2 is 1.69 bits per heavy atom. The van der Waals surface area contributed by atoms with Crippen molar-refractivity contribution in [2.24, 2.45) is 5.73 Å². The van der Waals surface area contributed by atoms with Gasteiger partial charge in [0, 0.05) is 12.8 Å². The second-order valence-corrected chi connectivity index (χ2v) is 10.1. The van der Waals surface area contributed by atoms with Crippen LogP contribution >= 0.6 is 0 Å². The highest BCUT2D eigenvalue weighted by molar-refractivity contribution is 7.90. The highest BCUT2D eigenvalue weighted by atomic mass is 32.2. The van der Waals surface area contributed by atoms with Gasteiger partial charge in [-0.25, -0.2) is 22.0 Å². The first-order valence-electron chi connectivity index (χ1n) is 11.3. The van der Waals surface area contributed by atoms with Gasteiger partial charge in [-0.2, -0.15) is 0 Å². The molecule has 196 valence electrons. The fourth-order valence-electron chi connectivity index (χ4n) is 3.54. The highest BCUT2D eigenvalue weighted by Crippen LogP contribution is 2.29. The molecule has 0 spiro atoms. The number of benzene rings is 2. The normalized spacial score (nSPS) is 13.1. The van der Waals surface area contributed by atoms with Gasteiger partial charge in [0.25, 0.3) is 0 Å². The lowest BCUT2D eigenvalue weighted by atomic mass is 9.93. The van der Waals surface area contributed by atoms with Crippen LogP contribution in [-0.4, -0.2) is 57.5 Å². The molecule has 0 aliphatic carbocycles. The average Bonchev–Trinajstić information content (AvgIpc) is 2.82. The van der Waals surface area contributed by atoms with E-state index in [1.165, 1.54) is 30.3 Å². The Hall–Kier alpha value is -3.15. The van der Waals surface area contributed by atoms with Crippen molar-refractivity contribution in [1.29, 1.82) is 0 Å². The lowest BCUT2D eigenvalue weighted by Crippen LogP contribution is -2.38. The Bertz CT molecular complexity index is 1210. The van der Waals surface area contributed by atoms with Gasteiger partial charge in [0.05, 0.1) is 17.1 Å². The summed E-state index contributed by atoms with van der Waals surface area (Å²) in [6, 6.07) is 7.55. The molecule has 0 aliphatic heterocycles. The van der Waals surface area contributed by atoms with Crippen molar-refractivity contribution in [2.75, 3.05) is 26.0 Å². The maximum Gasteiger partial charge on any atom is 0.339 e. The topological polar surface area (TPSA) is 136 Å². The third kappa shape index (κ3) is 7.94. The van der Waals surface area contributed by atoms with Gasteiger partial charge in [0.15, 0.2) is 21.5 Å². The molecule has 1 atom stereocenters. The smallest absolute Gasteiger partial charge is 0.339 e. The van der Waals surface area contributed by atoms with Crippen LogP contribution in [0.5, 0.6) is 0 Å². The lowest BCUT2D eigenvalue weighted by Gasteiger charge is -2.20. The number of carboxylic acid groups (broad SMARTS) is 1. The second-order valence-electron chi connectivity index (χ2n) is 8.06. The zero-order valence-electron chi connectivity index (χ0n) is 20.1. The largest absolute Gasteiger partial charge is 0.480 e. The van der Waals surface area contributed by atoms with E-state index in [4.69, 9.17) is 10.5 Å².